The topological polar surface area (TPSA) is 56.8 Å². The normalized spacial score (nSPS) is 9.45. The molecule has 0 saturated carbocycles. The second-order valence-corrected chi connectivity index (χ2v) is 5.19. The summed E-state index contributed by atoms with van der Waals surface area (Å²) in [5, 5.41) is 18.8. The van der Waals surface area contributed by atoms with Crippen molar-refractivity contribution < 1.29 is 4.74 Å². The van der Waals surface area contributed by atoms with E-state index >= 15 is 0 Å². The number of halogens is 2. The SMILES string of the molecule is N#CC(C#N)=Cc1cc(Cl)ccc1OCc1ccccc1Cl. The maximum absolute atomic E-state index is 8.86. The summed E-state index contributed by atoms with van der Waals surface area (Å²) in [4.78, 5) is 0. The van der Waals surface area contributed by atoms with Gasteiger partial charge in [-0.3, -0.25) is 0 Å². The van der Waals surface area contributed by atoms with E-state index in [2.05, 4.69) is 0 Å². The molecule has 0 radical (unpaired) electrons. The standard InChI is InChI=1S/C17H10Cl2N2O/c18-15-5-6-17(14(8-15)7-12(9-20)10-21)22-11-13-3-1-2-4-16(13)19/h1-8H,11H2. The highest BCUT2D eigenvalue weighted by atomic mass is 35.5. The first-order chi connectivity index (χ1) is 10.6. The van der Waals surface area contributed by atoms with E-state index in [1.165, 1.54) is 6.08 Å². The van der Waals surface area contributed by atoms with Gasteiger partial charge in [-0.1, -0.05) is 41.4 Å². The Balaban J connectivity index is 2.29. The average molecular weight is 329 g/mol. The Hall–Kier alpha value is -2.46. The number of rotatable bonds is 4. The molecule has 5 heteroatoms. The first kappa shape index (κ1) is 15.9. The Labute approximate surface area is 138 Å². The van der Waals surface area contributed by atoms with Crippen LogP contribution in [0.25, 0.3) is 6.08 Å². The monoisotopic (exact) mass is 328 g/mol. The van der Waals surface area contributed by atoms with Crippen molar-refractivity contribution in [2.45, 2.75) is 6.61 Å². The summed E-state index contributed by atoms with van der Waals surface area (Å²) in [5.74, 6) is 0.521. The molecule has 22 heavy (non-hydrogen) atoms. The number of nitrogens with zero attached hydrogens (tertiary/aromatic N) is 2. The predicted molar refractivity (Wildman–Crippen MR) is 86.4 cm³/mol. The lowest BCUT2D eigenvalue weighted by Crippen LogP contribution is -1.98. The molecule has 0 fully saturated rings. The molecular formula is C17H10Cl2N2O. The van der Waals surface area contributed by atoms with Gasteiger partial charge in [0, 0.05) is 21.2 Å². The van der Waals surface area contributed by atoms with E-state index in [1.54, 1.807) is 24.3 Å². The van der Waals surface area contributed by atoms with E-state index in [4.69, 9.17) is 38.5 Å². The summed E-state index contributed by atoms with van der Waals surface area (Å²) in [7, 11) is 0. The molecule has 0 heterocycles. The molecule has 2 rings (SSSR count). The number of allylic oxidation sites excluding steroid dienone is 1. The van der Waals surface area contributed by atoms with Crippen LogP contribution in [-0.4, -0.2) is 0 Å². The molecule has 0 aliphatic carbocycles. The highest BCUT2D eigenvalue weighted by Gasteiger charge is 2.06. The van der Waals surface area contributed by atoms with Gasteiger partial charge >= 0.3 is 0 Å². The van der Waals surface area contributed by atoms with Crippen molar-refractivity contribution in [1.82, 2.24) is 0 Å². The predicted octanol–water partition coefficient (Wildman–Crippen LogP) is 5.00. The van der Waals surface area contributed by atoms with E-state index in [-0.39, 0.29) is 12.2 Å². The molecular weight excluding hydrogens is 319 g/mol. The fourth-order valence-corrected chi connectivity index (χ4v) is 2.15. The van der Waals surface area contributed by atoms with Crippen molar-refractivity contribution in [3.8, 4) is 17.9 Å². The van der Waals surface area contributed by atoms with E-state index < -0.39 is 0 Å². The Morgan fingerprint density at radius 3 is 2.50 bits per heavy atom. The van der Waals surface area contributed by atoms with Crippen LogP contribution in [0.4, 0.5) is 0 Å². The Morgan fingerprint density at radius 2 is 1.82 bits per heavy atom. The molecule has 0 aliphatic heterocycles. The zero-order chi connectivity index (χ0) is 15.9. The second kappa shape index (κ2) is 7.52. The molecule has 2 aromatic carbocycles. The van der Waals surface area contributed by atoms with Crippen LogP contribution < -0.4 is 4.74 Å². The number of hydrogen-bond donors (Lipinski definition) is 0. The maximum atomic E-state index is 8.86. The quantitative estimate of drug-likeness (QED) is 0.742. The van der Waals surface area contributed by atoms with Crippen LogP contribution in [0.1, 0.15) is 11.1 Å². The van der Waals surface area contributed by atoms with E-state index in [0.29, 0.717) is 21.4 Å². The molecule has 0 amide bonds. The molecule has 0 unspecified atom stereocenters. The molecule has 108 valence electrons. The summed E-state index contributed by atoms with van der Waals surface area (Å²) < 4.78 is 5.74. The number of hydrogen-bond acceptors (Lipinski definition) is 3. The van der Waals surface area contributed by atoms with Crippen molar-refractivity contribution in [3.05, 3.63) is 69.2 Å². The van der Waals surface area contributed by atoms with Gasteiger partial charge in [0.25, 0.3) is 0 Å². The van der Waals surface area contributed by atoms with E-state index in [1.807, 2.05) is 30.3 Å². The van der Waals surface area contributed by atoms with Gasteiger partial charge in [0.05, 0.1) is 0 Å². The van der Waals surface area contributed by atoms with Gasteiger partial charge in [-0.25, -0.2) is 0 Å². The molecule has 2 aromatic rings. The fraction of sp³-hybridized carbons (Fsp3) is 0.0588. The lowest BCUT2D eigenvalue weighted by Gasteiger charge is -2.10. The van der Waals surface area contributed by atoms with Gasteiger partial charge in [0.1, 0.15) is 30.1 Å². The first-order valence-electron chi connectivity index (χ1n) is 6.31. The third-order valence-electron chi connectivity index (χ3n) is 2.85. The number of ether oxygens (including phenoxy) is 1. The van der Waals surface area contributed by atoms with Gasteiger partial charge in [-0.15, -0.1) is 0 Å². The summed E-state index contributed by atoms with van der Waals surface area (Å²) >= 11 is 12.0. The molecule has 0 atom stereocenters. The van der Waals surface area contributed by atoms with Crippen molar-refractivity contribution in [3.63, 3.8) is 0 Å². The zero-order valence-corrected chi connectivity index (χ0v) is 12.9. The van der Waals surface area contributed by atoms with E-state index in [9.17, 15) is 0 Å². The van der Waals surface area contributed by atoms with Gasteiger partial charge < -0.3 is 4.74 Å². The van der Waals surface area contributed by atoms with Gasteiger partial charge in [0.15, 0.2) is 0 Å². The summed E-state index contributed by atoms with van der Waals surface area (Å²) in [6.45, 7) is 0.274. The molecule has 0 bridgehead atoms. The maximum Gasteiger partial charge on any atom is 0.130 e. The highest BCUT2D eigenvalue weighted by Crippen LogP contribution is 2.27. The Bertz CT molecular complexity index is 785. The van der Waals surface area contributed by atoms with Crippen molar-refractivity contribution >= 4 is 29.3 Å². The minimum absolute atomic E-state index is 0.0233. The van der Waals surface area contributed by atoms with Crippen molar-refractivity contribution in [1.29, 1.82) is 10.5 Å². The molecule has 0 saturated heterocycles. The largest absolute Gasteiger partial charge is 0.488 e. The minimum Gasteiger partial charge on any atom is -0.488 e. The highest BCUT2D eigenvalue weighted by molar-refractivity contribution is 6.31. The number of nitriles is 2. The summed E-state index contributed by atoms with van der Waals surface area (Å²) in [5.41, 5.74) is 1.39. The lowest BCUT2D eigenvalue weighted by molar-refractivity contribution is 0.305. The van der Waals surface area contributed by atoms with Crippen LogP contribution in [-0.2, 0) is 6.61 Å². The third kappa shape index (κ3) is 4.02. The molecule has 3 nitrogen and oxygen atoms in total. The Morgan fingerprint density at radius 1 is 1.09 bits per heavy atom. The third-order valence-corrected chi connectivity index (χ3v) is 3.46. The van der Waals surface area contributed by atoms with Gasteiger partial charge in [-0.05, 0) is 30.3 Å². The zero-order valence-electron chi connectivity index (χ0n) is 11.4. The molecule has 0 N–H and O–H groups in total. The fourth-order valence-electron chi connectivity index (χ4n) is 1.78. The summed E-state index contributed by atoms with van der Waals surface area (Å²) in [6, 6.07) is 16.0. The van der Waals surface area contributed by atoms with Crippen LogP contribution in [0.3, 0.4) is 0 Å². The molecule has 0 aromatic heterocycles. The number of benzene rings is 2. The average Bonchev–Trinajstić information content (AvgIpc) is 2.53. The van der Waals surface area contributed by atoms with Gasteiger partial charge in [0.2, 0.25) is 0 Å². The van der Waals surface area contributed by atoms with Crippen LogP contribution in [0.2, 0.25) is 10.0 Å². The smallest absolute Gasteiger partial charge is 0.130 e. The van der Waals surface area contributed by atoms with Crippen molar-refractivity contribution in [2.24, 2.45) is 0 Å². The second-order valence-electron chi connectivity index (χ2n) is 4.34. The van der Waals surface area contributed by atoms with Crippen LogP contribution in [0, 0.1) is 22.7 Å². The lowest BCUT2D eigenvalue weighted by atomic mass is 10.1. The van der Waals surface area contributed by atoms with Crippen molar-refractivity contribution in [2.75, 3.05) is 0 Å². The van der Waals surface area contributed by atoms with Crippen LogP contribution >= 0.6 is 23.2 Å². The minimum atomic E-state index is -0.0233. The molecule has 0 aliphatic rings. The molecule has 0 spiro atoms. The van der Waals surface area contributed by atoms with Crippen LogP contribution in [0.5, 0.6) is 5.75 Å². The summed E-state index contributed by atoms with van der Waals surface area (Å²) in [6.07, 6.45) is 1.44. The first-order valence-corrected chi connectivity index (χ1v) is 7.07. The van der Waals surface area contributed by atoms with Crippen LogP contribution in [0.15, 0.2) is 48.0 Å². The van der Waals surface area contributed by atoms with Gasteiger partial charge in [-0.2, -0.15) is 10.5 Å². The van der Waals surface area contributed by atoms with E-state index in [0.717, 1.165) is 5.56 Å². The Kier molecular flexibility index (Phi) is 5.44.